The van der Waals surface area contributed by atoms with E-state index in [2.05, 4.69) is 15.4 Å². The van der Waals surface area contributed by atoms with Crippen molar-refractivity contribution in [1.29, 1.82) is 0 Å². The van der Waals surface area contributed by atoms with Crippen LogP contribution in [-0.2, 0) is 11.3 Å². The van der Waals surface area contributed by atoms with E-state index in [1.807, 2.05) is 0 Å². The summed E-state index contributed by atoms with van der Waals surface area (Å²) in [7, 11) is 0. The van der Waals surface area contributed by atoms with Crippen LogP contribution in [0.2, 0.25) is 0 Å². The first-order chi connectivity index (χ1) is 11.3. The molecule has 24 heavy (non-hydrogen) atoms. The zero-order valence-corrected chi connectivity index (χ0v) is 12.2. The maximum absolute atomic E-state index is 12.0. The standard InChI is InChI=1S/C15H13F3N2O4/c16-15(17,18)24-11-5-3-10(4-6-11)8-19-13(21)9-20-14(22)12-2-1-7-23-12/h1-7H,8-9H2,(H,19,21)(H,20,22). The molecular formula is C15H13F3N2O4. The number of hydrogen-bond donors (Lipinski definition) is 2. The summed E-state index contributed by atoms with van der Waals surface area (Å²) in [6.45, 7) is -0.156. The molecular weight excluding hydrogens is 329 g/mol. The lowest BCUT2D eigenvalue weighted by Gasteiger charge is -2.10. The quantitative estimate of drug-likeness (QED) is 0.844. The number of rotatable bonds is 6. The summed E-state index contributed by atoms with van der Waals surface area (Å²) in [6.07, 6.45) is -3.41. The molecule has 0 aliphatic carbocycles. The third-order valence-electron chi connectivity index (χ3n) is 2.80. The summed E-state index contributed by atoms with van der Waals surface area (Å²) >= 11 is 0. The van der Waals surface area contributed by atoms with Crippen LogP contribution < -0.4 is 15.4 Å². The average molecular weight is 342 g/mol. The summed E-state index contributed by atoms with van der Waals surface area (Å²) in [5.41, 5.74) is 0.579. The molecule has 0 fully saturated rings. The molecule has 2 amide bonds. The van der Waals surface area contributed by atoms with E-state index in [0.29, 0.717) is 5.56 Å². The molecule has 0 saturated heterocycles. The van der Waals surface area contributed by atoms with Gasteiger partial charge in [0.05, 0.1) is 12.8 Å². The predicted molar refractivity (Wildman–Crippen MR) is 76.0 cm³/mol. The maximum Gasteiger partial charge on any atom is 0.573 e. The van der Waals surface area contributed by atoms with Gasteiger partial charge in [-0.25, -0.2) is 0 Å². The van der Waals surface area contributed by atoms with Crippen LogP contribution >= 0.6 is 0 Å². The summed E-state index contributed by atoms with van der Waals surface area (Å²) in [4.78, 5) is 23.2. The van der Waals surface area contributed by atoms with E-state index < -0.39 is 18.2 Å². The Labute approximate surface area is 134 Å². The van der Waals surface area contributed by atoms with Crippen molar-refractivity contribution in [2.45, 2.75) is 12.9 Å². The van der Waals surface area contributed by atoms with Gasteiger partial charge in [0, 0.05) is 6.54 Å². The Morgan fingerprint density at radius 1 is 1.08 bits per heavy atom. The number of carbonyl (C=O) groups is 2. The maximum atomic E-state index is 12.0. The first-order valence-corrected chi connectivity index (χ1v) is 6.76. The van der Waals surface area contributed by atoms with Crippen molar-refractivity contribution in [2.75, 3.05) is 6.54 Å². The number of carbonyl (C=O) groups excluding carboxylic acids is 2. The van der Waals surface area contributed by atoms with E-state index in [1.54, 1.807) is 6.07 Å². The van der Waals surface area contributed by atoms with Crippen LogP contribution in [0.4, 0.5) is 13.2 Å². The lowest BCUT2D eigenvalue weighted by Crippen LogP contribution is -2.36. The minimum Gasteiger partial charge on any atom is -0.459 e. The lowest BCUT2D eigenvalue weighted by molar-refractivity contribution is -0.274. The van der Waals surface area contributed by atoms with Gasteiger partial charge in [0.15, 0.2) is 5.76 Å². The fourth-order valence-electron chi connectivity index (χ4n) is 1.73. The van der Waals surface area contributed by atoms with Crippen molar-refractivity contribution < 1.29 is 31.9 Å². The number of benzene rings is 1. The third kappa shape index (κ3) is 5.67. The van der Waals surface area contributed by atoms with Gasteiger partial charge >= 0.3 is 6.36 Å². The van der Waals surface area contributed by atoms with Gasteiger partial charge in [0.25, 0.3) is 5.91 Å². The van der Waals surface area contributed by atoms with E-state index >= 15 is 0 Å². The number of nitrogens with one attached hydrogen (secondary N) is 2. The van der Waals surface area contributed by atoms with Crippen LogP contribution in [-0.4, -0.2) is 24.7 Å². The van der Waals surface area contributed by atoms with E-state index in [-0.39, 0.29) is 24.6 Å². The Balaban J connectivity index is 1.74. The zero-order chi connectivity index (χ0) is 17.6. The van der Waals surface area contributed by atoms with E-state index in [0.717, 1.165) is 12.1 Å². The van der Waals surface area contributed by atoms with Gasteiger partial charge in [0.1, 0.15) is 5.75 Å². The Bertz CT molecular complexity index is 682. The SMILES string of the molecule is O=C(CNC(=O)c1ccco1)NCc1ccc(OC(F)(F)F)cc1. The number of halogens is 3. The van der Waals surface area contributed by atoms with E-state index in [9.17, 15) is 22.8 Å². The third-order valence-corrected chi connectivity index (χ3v) is 2.80. The van der Waals surface area contributed by atoms with Gasteiger partial charge in [-0.15, -0.1) is 13.2 Å². The van der Waals surface area contributed by atoms with Crippen molar-refractivity contribution >= 4 is 11.8 Å². The first-order valence-electron chi connectivity index (χ1n) is 6.76. The van der Waals surface area contributed by atoms with Gasteiger partial charge < -0.3 is 19.8 Å². The molecule has 0 spiro atoms. The van der Waals surface area contributed by atoms with Crippen molar-refractivity contribution in [3.8, 4) is 5.75 Å². The molecule has 6 nitrogen and oxygen atoms in total. The van der Waals surface area contributed by atoms with Crippen LogP contribution in [0.5, 0.6) is 5.75 Å². The molecule has 1 aromatic carbocycles. The van der Waals surface area contributed by atoms with Gasteiger partial charge in [-0.1, -0.05) is 12.1 Å². The Morgan fingerprint density at radius 2 is 1.79 bits per heavy atom. The monoisotopic (exact) mass is 342 g/mol. The van der Waals surface area contributed by atoms with Crippen LogP contribution in [0.25, 0.3) is 0 Å². The van der Waals surface area contributed by atoms with Crippen molar-refractivity contribution in [3.05, 3.63) is 54.0 Å². The molecule has 0 radical (unpaired) electrons. The second-order valence-electron chi connectivity index (χ2n) is 4.63. The molecule has 0 bridgehead atoms. The van der Waals surface area contributed by atoms with Gasteiger partial charge in [-0.05, 0) is 29.8 Å². The summed E-state index contributed by atoms with van der Waals surface area (Å²) in [5, 5.41) is 4.89. The molecule has 128 valence electrons. The minimum atomic E-state index is -4.75. The number of amides is 2. The predicted octanol–water partition coefficient (Wildman–Crippen LogP) is 2.22. The van der Waals surface area contributed by atoms with Crippen LogP contribution in [0.3, 0.4) is 0 Å². The highest BCUT2D eigenvalue weighted by Gasteiger charge is 2.30. The largest absolute Gasteiger partial charge is 0.573 e. The topological polar surface area (TPSA) is 80.6 Å². The first kappa shape index (κ1) is 17.4. The molecule has 2 N–H and O–H groups in total. The molecule has 0 atom stereocenters. The zero-order valence-electron chi connectivity index (χ0n) is 12.2. The molecule has 2 aromatic rings. The van der Waals surface area contributed by atoms with Crippen LogP contribution in [0.15, 0.2) is 47.1 Å². The fraction of sp³-hybridized carbons (Fsp3) is 0.200. The number of ether oxygens (including phenoxy) is 1. The van der Waals surface area contributed by atoms with Crippen molar-refractivity contribution in [1.82, 2.24) is 10.6 Å². The van der Waals surface area contributed by atoms with E-state index in [4.69, 9.17) is 4.42 Å². The average Bonchev–Trinajstić information content (AvgIpc) is 3.05. The smallest absolute Gasteiger partial charge is 0.459 e. The Kier molecular flexibility index (Phi) is 5.46. The molecule has 9 heteroatoms. The molecule has 1 aromatic heterocycles. The van der Waals surface area contributed by atoms with Crippen molar-refractivity contribution in [2.24, 2.45) is 0 Å². The number of alkyl halides is 3. The molecule has 0 aliphatic rings. The summed E-state index contributed by atoms with van der Waals surface area (Å²) < 4.78 is 44.7. The lowest BCUT2D eigenvalue weighted by atomic mass is 10.2. The van der Waals surface area contributed by atoms with Crippen LogP contribution in [0.1, 0.15) is 16.1 Å². The highest BCUT2D eigenvalue weighted by molar-refractivity contribution is 5.94. The van der Waals surface area contributed by atoms with Gasteiger partial charge in [-0.3, -0.25) is 9.59 Å². The van der Waals surface area contributed by atoms with Gasteiger partial charge in [-0.2, -0.15) is 0 Å². The Hall–Kier alpha value is -2.97. The highest BCUT2D eigenvalue weighted by Crippen LogP contribution is 2.22. The van der Waals surface area contributed by atoms with Gasteiger partial charge in [0.2, 0.25) is 5.91 Å². The summed E-state index contributed by atoms with van der Waals surface area (Å²) in [6, 6.07) is 8.08. The molecule has 0 aliphatic heterocycles. The normalized spacial score (nSPS) is 11.0. The molecule has 0 saturated carbocycles. The van der Waals surface area contributed by atoms with Crippen LogP contribution in [0, 0.1) is 0 Å². The molecule has 2 rings (SSSR count). The second kappa shape index (κ2) is 7.53. The molecule has 0 unspecified atom stereocenters. The number of furan rings is 1. The highest BCUT2D eigenvalue weighted by atomic mass is 19.4. The minimum absolute atomic E-state index is 0.0862. The summed E-state index contributed by atoms with van der Waals surface area (Å²) in [5.74, 6) is -1.24. The Morgan fingerprint density at radius 3 is 2.38 bits per heavy atom. The second-order valence-corrected chi connectivity index (χ2v) is 4.63. The number of hydrogen-bond acceptors (Lipinski definition) is 4. The van der Waals surface area contributed by atoms with E-state index in [1.165, 1.54) is 24.5 Å². The van der Waals surface area contributed by atoms with Crippen molar-refractivity contribution in [3.63, 3.8) is 0 Å². The molecule has 1 heterocycles. The fourth-order valence-corrected chi connectivity index (χ4v) is 1.73.